The minimum Gasteiger partial charge on any atom is -0.339 e. The summed E-state index contributed by atoms with van der Waals surface area (Å²) >= 11 is 1.93. The summed E-state index contributed by atoms with van der Waals surface area (Å²) in [5, 5.41) is 0. The van der Waals surface area contributed by atoms with Gasteiger partial charge in [0.2, 0.25) is 5.91 Å². The summed E-state index contributed by atoms with van der Waals surface area (Å²) in [5.41, 5.74) is 5.85. The molecule has 1 atom stereocenters. The number of hydrogen-bond acceptors (Lipinski definition) is 3. The van der Waals surface area contributed by atoms with Gasteiger partial charge in [0.15, 0.2) is 0 Å². The quantitative estimate of drug-likeness (QED) is 0.764. The van der Waals surface area contributed by atoms with Crippen LogP contribution in [-0.4, -0.2) is 40.4 Å². The maximum atomic E-state index is 12.2. The third-order valence-electron chi connectivity index (χ3n) is 2.94. The number of amides is 1. The van der Waals surface area contributed by atoms with Gasteiger partial charge in [0, 0.05) is 23.6 Å². The molecule has 1 amide bonds. The smallest absolute Gasteiger partial charge is 0.240 e. The van der Waals surface area contributed by atoms with Crippen LogP contribution in [0.5, 0.6) is 0 Å². The Labute approximate surface area is 103 Å². The Hall–Kier alpha value is -0.220. The number of rotatable bonds is 1. The van der Waals surface area contributed by atoms with Crippen molar-refractivity contribution in [3.8, 4) is 0 Å². The van der Waals surface area contributed by atoms with Crippen molar-refractivity contribution < 1.29 is 4.79 Å². The van der Waals surface area contributed by atoms with E-state index < -0.39 is 6.04 Å². The van der Waals surface area contributed by atoms with Gasteiger partial charge in [-0.25, -0.2) is 0 Å². The zero-order chi connectivity index (χ0) is 12.6. The number of hydrogen-bond donors (Lipinski definition) is 1. The van der Waals surface area contributed by atoms with Gasteiger partial charge in [-0.2, -0.15) is 11.8 Å². The summed E-state index contributed by atoms with van der Waals surface area (Å²) in [7, 11) is 0. The molecule has 1 fully saturated rings. The van der Waals surface area contributed by atoms with E-state index in [9.17, 15) is 4.79 Å². The van der Waals surface area contributed by atoms with Crippen LogP contribution in [0.3, 0.4) is 0 Å². The fourth-order valence-corrected chi connectivity index (χ4v) is 2.88. The predicted octanol–water partition coefficient (Wildman–Crippen LogP) is 1.71. The molecular weight excluding hydrogens is 220 g/mol. The lowest BCUT2D eigenvalue weighted by atomic mass is 9.86. The Morgan fingerprint density at radius 2 is 2.00 bits per heavy atom. The summed E-state index contributed by atoms with van der Waals surface area (Å²) in [5.74, 6) is 1.11. The van der Waals surface area contributed by atoms with Crippen molar-refractivity contribution in [2.75, 3.05) is 18.8 Å². The topological polar surface area (TPSA) is 46.3 Å². The molecule has 0 radical (unpaired) electrons. The van der Waals surface area contributed by atoms with Crippen LogP contribution in [0.4, 0.5) is 0 Å². The highest BCUT2D eigenvalue weighted by atomic mass is 32.2. The molecule has 0 aromatic heterocycles. The van der Waals surface area contributed by atoms with E-state index in [1.54, 1.807) is 0 Å². The first-order chi connectivity index (χ1) is 7.13. The molecule has 2 N–H and O–H groups in total. The van der Waals surface area contributed by atoms with Crippen LogP contribution in [0.1, 0.15) is 34.6 Å². The summed E-state index contributed by atoms with van der Waals surface area (Å²) in [4.78, 5) is 14.1. The molecule has 0 aliphatic carbocycles. The van der Waals surface area contributed by atoms with E-state index >= 15 is 0 Å². The third kappa shape index (κ3) is 3.39. The summed E-state index contributed by atoms with van der Waals surface area (Å²) in [6.45, 7) is 12.0. The van der Waals surface area contributed by atoms with E-state index in [-0.39, 0.29) is 16.1 Å². The molecule has 3 nitrogen and oxygen atoms in total. The Bertz CT molecular complexity index is 271. The molecule has 1 unspecified atom stereocenters. The molecule has 94 valence electrons. The van der Waals surface area contributed by atoms with Crippen LogP contribution in [0.2, 0.25) is 0 Å². The van der Waals surface area contributed by atoms with E-state index in [2.05, 4.69) is 13.8 Å². The maximum absolute atomic E-state index is 12.2. The van der Waals surface area contributed by atoms with Crippen LogP contribution in [0, 0.1) is 5.41 Å². The third-order valence-corrected chi connectivity index (χ3v) is 4.23. The Morgan fingerprint density at radius 3 is 2.44 bits per heavy atom. The molecule has 1 aliphatic rings. The number of nitrogens with two attached hydrogens (primary N) is 1. The molecule has 1 heterocycles. The number of thioether (sulfide) groups is 1. The zero-order valence-corrected chi connectivity index (χ0v) is 11.9. The fourth-order valence-electron chi connectivity index (χ4n) is 1.77. The average Bonchev–Trinajstić information content (AvgIpc) is 2.12. The molecule has 0 aromatic rings. The molecular formula is C12H24N2OS. The lowest BCUT2D eigenvalue weighted by Gasteiger charge is -2.40. The SMILES string of the molecule is CC1(C)CN(C(=O)C(N)C(C)(C)C)CCS1. The van der Waals surface area contributed by atoms with Gasteiger partial charge in [-0.05, 0) is 19.3 Å². The highest BCUT2D eigenvalue weighted by Gasteiger charge is 2.35. The minimum absolute atomic E-state index is 0.0980. The van der Waals surface area contributed by atoms with E-state index in [1.807, 2.05) is 37.4 Å². The first-order valence-electron chi connectivity index (χ1n) is 5.82. The number of carbonyl (C=O) groups excluding carboxylic acids is 1. The fraction of sp³-hybridized carbons (Fsp3) is 0.917. The summed E-state index contributed by atoms with van der Waals surface area (Å²) in [6, 6.07) is -0.397. The molecule has 0 aromatic carbocycles. The van der Waals surface area contributed by atoms with Crippen molar-refractivity contribution in [1.82, 2.24) is 4.90 Å². The first kappa shape index (κ1) is 13.8. The van der Waals surface area contributed by atoms with E-state index in [0.717, 1.165) is 18.8 Å². The Morgan fingerprint density at radius 1 is 1.44 bits per heavy atom. The van der Waals surface area contributed by atoms with E-state index in [1.165, 1.54) is 0 Å². The van der Waals surface area contributed by atoms with Gasteiger partial charge in [0.25, 0.3) is 0 Å². The zero-order valence-electron chi connectivity index (χ0n) is 11.0. The lowest BCUT2D eigenvalue weighted by Crippen LogP contribution is -2.55. The van der Waals surface area contributed by atoms with Crippen molar-refractivity contribution in [2.24, 2.45) is 11.1 Å². The average molecular weight is 244 g/mol. The normalized spacial score (nSPS) is 23.0. The van der Waals surface area contributed by atoms with Gasteiger partial charge in [0.05, 0.1) is 6.04 Å². The van der Waals surface area contributed by atoms with Gasteiger partial charge in [0.1, 0.15) is 0 Å². The van der Waals surface area contributed by atoms with Crippen LogP contribution in [-0.2, 0) is 4.79 Å². The second-order valence-electron chi connectivity index (χ2n) is 6.21. The largest absolute Gasteiger partial charge is 0.339 e. The van der Waals surface area contributed by atoms with Gasteiger partial charge in [-0.1, -0.05) is 20.8 Å². The van der Waals surface area contributed by atoms with Crippen molar-refractivity contribution in [3.63, 3.8) is 0 Å². The van der Waals surface area contributed by atoms with Crippen molar-refractivity contribution in [2.45, 2.75) is 45.4 Å². The van der Waals surface area contributed by atoms with Gasteiger partial charge >= 0.3 is 0 Å². The Kier molecular flexibility index (Phi) is 3.95. The molecule has 16 heavy (non-hydrogen) atoms. The van der Waals surface area contributed by atoms with Crippen molar-refractivity contribution in [3.05, 3.63) is 0 Å². The molecule has 0 spiro atoms. The minimum atomic E-state index is -0.397. The van der Waals surface area contributed by atoms with Crippen LogP contribution in [0.25, 0.3) is 0 Å². The van der Waals surface area contributed by atoms with Crippen LogP contribution < -0.4 is 5.73 Å². The molecule has 0 bridgehead atoms. The first-order valence-corrected chi connectivity index (χ1v) is 6.80. The van der Waals surface area contributed by atoms with Crippen molar-refractivity contribution >= 4 is 17.7 Å². The molecule has 1 aliphatic heterocycles. The number of carbonyl (C=O) groups is 1. The standard InChI is InChI=1S/C12H24N2OS/c1-11(2,3)9(13)10(15)14-6-7-16-12(4,5)8-14/h9H,6-8,13H2,1-5H3. The Balaban J connectivity index is 2.68. The van der Waals surface area contributed by atoms with Crippen molar-refractivity contribution in [1.29, 1.82) is 0 Å². The highest BCUT2D eigenvalue weighted by Crippen LogP contribution is 2.30. The summed E-state index contributed by atoms with van der Waals surface area (Å²) in [6.07, 6.45) is 0. The second kappa shape index (κ2) is 4.57. The van der Waals surface area contributed by atoms with Gasteiger partial charge in [-0.3, -0.25) is 4.79 Å². The molecule has 1 rings (SSSR count). The van der Waals surface area contributed by atoms with Crippen LogP contribution >= 0.6 is 11.8 Å². The molecule has 4 heteroatoms. The highest BCUT2D eigenvalue weighted by molar-refractivity contribution is 8.00. The maximum Gasteiger partial charge on any atom is 0.240 e. The van der Waals surface area contributed by atoms with Crippen LogP contribution in [0.15, 0.2) is 0 Å². The lowest BCUT2D eigenvalue weighted by molar-refractivity contribution is -0.135. The van der Waals surface area contributed by atoms with E-state index in [0.29, 0.717) is 0 Å². The predicted molar refractivity (Wildman–Crippen MR) is 70.5 cm³/mol. The summed E-state index contributed by atoms with van der Waals surface area (Å²) < 4.78 is 0.158. The number of nitrogens with zero attached hydrogens (tertiary/aromatic N) is 1. The molecule has 0 saturated carbocycles. The monoisotopic (exact) mass is 244 g/mol. The van der Waals surface area contributed by atoms with Gasteiger partial charge < -0.3 is 10.6 Å². The van der Waals surface area contributed by atoms with E-state index in [4.69, 9.17) is 5.73 Å². The molecule has 1 saturated heterocycles. The second-order valence-corrected chi connectivity index (χ2v) is 8.01. The van der Waals surface area contributed by atoms with Gasteiger partial charge in [-0.15, -0.1) is 0 Å².